The topological polar surface area (TPSA) is 59.2 Å². The van der Waals surface area contributed by atoms with Gasteiger partial charge < -0.3 is 10.6 Å². The van der Waals surface area contributed by atoms with Gasteiger partial charge in [0.15, 0.2) is 0 Å². The van der Waals surface area contributed by atoms with Crippen molar-refractivity contribution >= 4 is 33.2 Å². The third-order valence-corrected chi connectivity index (χ3v) is 3.95. The molecule has 0 saturated carbocycles. The van der Waals surface area contributed by atoms with E-state index in [1.807, 2.05) is 31.2 Å². The minimum atomic E-state index is -0.0754. The number of nitrogens with zero attached hydrogens (tertiary/aromatic N) is 2. The highest BCUT2D eigenvalue weighted by Gasteiger charge is 2.32. The maximum atomic E-state index is 12.6. The lowest BCUT2D eigenvalue weighted by Gasteiger charge is -2.22. The summed E-state index contributed by atoms with van der Waals surface area (Å²) in [6, 6.07) is 9.34. The second kappa shape index (κ2) is 4.90. The Kier molecular flexibility index (Phi) is 3.22. The zero-order valence-corrected chi connectivity index (χ0v) is 12.6. The van der Waals surface area contributed by atoms with Crippen LogP contribution in [0.25, 0.3) is 0 Å². The summed E-state index contributed by atoms with van der Waals surface area (Å²) in [5.41, 5.74) is 9.03. The minimum absolute atomic E-state index is 0.0754. The number of nitrogens with two attached hydrogens (primary N) is 1. The molecule has 3 rings (SSSR count). The standard InChI is InChI=1S/C15H14BrN3O/c1-9-6-10-7-12(17)3-5-14(10)19(9)15(20)13-4-2-11(16)8-18-13/h2-5,7-9H,6,17H2,1H3. The number of hydrogen-bond acceptors (Lipinski definition) is 3. The second-order valence-corrected chi connectivity index (χ2v) is 5.89. The zero-order valence-electron chi connectivity index (χ0n) is 11.0. The Morgan fingerprint density at radius 1 is 1.40 bits per heavy atom. The van der Waals surface area contributed by atoms with Crippen molar-refractivity contribution < 1.29 is 4.79 Å². The maximum Gasteiger partial charge on any atom is 0.277 e. The van der Waals surface area contributed by atoms with Crippen molar-refractivity contribution in [1.82, 2.24) is 4.98 Å². The number of pyridine rings is 1. The van der Waals surface area contributed by atoms with Gasteiger partial charge in [0, 0.05) is 28.1 Å². The number of carbonyl (C=O) groups is 1. The van der Waals surface area contributed by atoms with Crippen LogP contribution in [0, 0.1) is 0 Å². The van der Waals surface area contributed by atoms with Gasteiger partial charge in [0.05, 0.1) is 0 Å². The largest absolute Gasteiger partial charge is 0.399 e. The fourth-order valence-electron chi connectivity index (χ4n) is 2.59. The lowest BCUT2D eigenvalue weighted by atomic mass is 10.1. The summed E-state index contributed by atoms with van der Waals surface area (Å²) in [7, 11) is 0. The van der Waals surface area contributed by atoms with E-state index in [-0.39, 0.29) is 11.9 Å². The molecule has 1 amide bonds. The second-order valence-electron chi connectivity index (χ2n) is 4.98. The highest BCUT2D eigenvalue weighted by atomic mass is 79.9. The highest BCUT2D eigenvalue weighted by molar-refractivity contribution is 9.10. The number of rotatable bonds is 1. The van der Waals surface area contributed by atoms with E-state index in [0.29, 0.717) is 5.69 Å². The number of amides is 1. The molecule has 1 unspecified atom stereocenters. The number of carbonyl (C=O) groups excluding carboxylic acids is 1. The summed E-state index contributed by atoms with van der Waals surface area (Å²) in [4.78, 5) is 18.6. The summed E-state index contributed by atoms with van der Waals surface area (Å²) in [6.07, 6.45) is 2.46. The van der Waals surface area contributed by atoms with Crippen LogP contribution in [0.1, 0.15) is 23.0 Å². The van der Waals surface area contributed by atoms with E-state index in [1.165, 1.54) is 0 Å². The summed E-state index contributed by atoms with van der Waals surface area (Å²) in [6.45, 7) is 2.03. The van der Waals surface area contributed by atoms with Crippen molar-refractivity contribution in [2.24, 2.45) is 0 Å². The first-order chi connectivity index (χ1) is 9.56. The Morgan fingerprint density at radius 3 is 2.90 bits per heavy atom. The normalized spacial score (nSPS) is 17.1. The van der Waals surface area contributed by atoms with Crippen LogP contribution in [0.15, 0.2) is 41.0 Å². The molecule has 1 aromatic carbocycles. The van der Waals surface area contributed by atoms with Crippen LogP contribution in [-0.2, 0) is 6.42 Å². The Balaban J connectivity index is 1.98. The van der Waals surface area contributed by atoms with E-state index in [1.54, 1.807) is 17.2 Å². The van der Waals surface area contributed by atoms with Gasteiger partial charge >= 0.3 is 0 Å². The van der Waals surface area contributed by atoms with Gasteiger partial charge in [-0.2, -0.15) is 0 Å². The average Bonchev–Trinajstić information content (AvgIpc) is 2.73. The Labute approximate surface area is 125 Å². The fourth-order valence-corrected chi connectivity index (χ4v) is 2.82. The zero-order chi connectivity index (χ0) is 14.3. The third kappa shape index (κ3) is 2.18. The molecule has 0 bridgehead atoms. The molecule has 4 nitrogen and oxygen atoms in total. The molecule has 0 radical (unpaired) electrons. The van der Waals surface area contributed by atoms with E-state index in [9.17, 15) is 4.79 Å². The smallest absolute Gasteiger partial charge is 0.277 e. The van der Waals surface area contributed by atoms with Crippen LogP contribution in [0.3, 0.4) is 0 Å². The van der Waals surface area contributed by atoms with E-state index in [4.69, 9.17) is 5.73 Å². The molecule has 20 heavy (non-hydrogen) atoms. The molecule has 0 spiro atoms. The van der Waals surface area contributed by atoms with Gasteiger partial charge in [-0.1, -0.05) is 0 Å². The van der Waals surface area contributed by atoms with Crippen LogP contribution in [0.4, 0.5) is 11.4 Å². The quantitative estimate of drug-likeness (QED) is 0.817. The van der Waals surface area contributed by atoms with Crippen LogP contribution in [-0.4, -0.2) is 16.9 Å². The molecule has 1 aliphatic rings. The molecule has 1 aliphatic heterocycles. The first-order valence-corrected chi connectivity index (χ1v) is 7.19. The third-order valence-electron chi connectivity index (χ3n) is 3.48. The van der Waals surface area contributed by atoms with Crippen molar-refractivity contribution in [3.05, 3.63) is 52.3 Å². The van der Waals surface area contributed by atoms with Gasteiger partial charge in [0.2, 0.25) is 0 Å². The summed E-state index contributed by atoms with van der Waals surface area (Å²) in [5, 5.41) is 0. The van der Waals surface area contributed by atoms with E-state index in [2.05, 4.69) is 20.9 Å². The number of benzene rings is 1. The van der Waals surface area contributed by atoms with Crippen molar-refractivity contribution in [3.8, 4) is 0 Å². The first-order valence-electron chi connectivity index (χ1n) is 6.40. The predicted molar refractivity (Wildman–Crippen MR) is 82.8 cm³/mol. The maximum absolute atomic E-state index is 12.6. The molecule has 1 aromatic heterocycles. The number of fused-ring (bicyclic) bond motifs is 1. The summed E-state index contributed by atoms with van der Waals surface area (Å²) in [5.74, 6) is -0.0754. The molecule has 0 fully saturated rings. The van der Waals surface area contributed by atoms with Crippen LogP contribution < -0.4 is 10.6 Å². The molecule has 2 N–H and O–H groups in total. The molecule has 102 valence electrons. The van der Waals surface area contributed by atoms with Gasteiger partial charge in [0.25, 0.3) is 5.91 Å². The van der Waals surface area contributed by atoms with Crippen molar-refractivity contribution in [1.29, 1.82) is 0 Å². The molecular formula is C15H14BrN3O. The number of aromatic nitrogens is 1. The van der Waals surface area contributed by atoms with Gasteiger partial charge in [-0.05, 0) is 65.2 Å². The van der Waals surface area contributed by atoms with Crippen molar-refractivity contribution in [3.63, 3.8) is 0 Å². The average molecular weight is 332 g/mol. The minimum Gasteiger partial charge on any atom is -0.399 e. The van der Waals surface area contributed by atoms with Crippen LogP contribution in [0.2, 0.25) is 0 Å². The lowest BCUT2D eigenvalue weighted by molar-refractivity contribution is 0.0976. The number of halogens is 1. The lowest BCUT2D eigenvalue weighted by Crippen LogP contribution is -2.36. The molecule has 1 atom stereocenters. The summed E-state index contributed by atoms with van der Waals surface area (Å²) >= 11 is 3.32. The van der Waals surface area contributed by atoms with Crippen molar-refractivity contribution in [2.45, 2.75) is 19.4 Å². The molecule has 2 heterocycles. The first kappa shape index (κ1) is 13.1. The fraction of sp³-hybridized carbons (Fsp3) is 0.200. The van der Waals surface area contributed by atoms with Crippen LogP contribution >= 0.6 is 15.9 Å². The van der Waals surface area contributed by atoms with E-state index >= 15 is 0 Å². The Morgan fingerprint density at radius 2 is 2.20 bits per heavy atom. The number of hydrogen-bond donors (Lipinski definition) is 1. The highest BCUT2D eigenvalue weighted by Crippen LogP contribution is 2.34. The van der Waals surface area contributed by atoms with Gasteiger partial charge in [-0.25, -0.2) is 4.98 Å². The Hall–Kier alpha value is -1.88. The molecule has 0 saturated heterocycles. The van der Waals surface area contributed by atoms with Crippen LogP contribution in [0.5, 0.6) is 0 Å². The van der Waals surface area contributed by atoms with E-state index in [0.717, 1.165) is 27.8 Å². The predicted octanol–water partition coefficient (Wildman–Crippen LogP) is 3.02. The SMILES string of the molecule is CC1Cc2cc(N)ccc2N1C(=O)c1ccc(Br)cn1. The molecule has 0 aliphatic carbocycles. The number of anilines is 2. The van der Waals surface area contributed by atoms with E-state index < -0.39 is 0 Å². The summed E-state index contributed by atoms with van der Waals surface area (Å²) < 4.78 is 0.858. The van der Waals surface area contributed by atoms with Gasteiger partial charge in [0.1, 0.15) is 5.69 Å². The van der Waals surface area contributed by atoms with Gasteiger partial charge in [-0.15, -0.1) is 0 Å². The van der Waals surface area contributed by atoms with Gasteiger partial charge in [-0.3, -0.25) is 4.79 Å². The van der Waals surface area contributed by atoms with Crippen molar-refractivity contribution in [2.75, 3.05) is 10.6 Å². The monoisotopic (exact) mass is 331 g/mol. The molecular weight excluding hydrogens is 318 g/mol. The molecule has 5 heteroatoms. The number of nitrogen functional groups attached to an aromatic ring is 1. The molecule has 2 aromatic rings. The Bertz CT molecular complexity index is 669.